The summed E-state index contributed by atoms with van der Waals surface area (Å²) >= 11 is 7.53. The molecule has 0 bridgehead atoms. The Morgan fingerprint density at radius 3 is 2.33 bits per heavy atom. The summed E-state index contributed by atoms with van der Waals surface area (Å²) in [6, 6.07) is 17.4. The van der Waals surface area contributed by atoms with Gasteiger partial charge in [-0.2, -0.15) is 0 Å². The highest BCUT2D eigenvalue weighted by Crippen LogP contribution is 2.37. The van der Waals surface area contributed by atoms with Gasteiger partial charge in [-0.05, 0) is 67.3 Å². The van der Waals surface area contributed by atoms with E-state index in [4.69, 9.17) is 21.1 Å². The Morgan fingerprint density at radius 1 is 0.970 bits per heavy atom. The van der Waals surface area contributed by atoms with Gasteiger partial charge in [-0.3, -0.25) is 14.3 Å². The SMILES string of the molecule is COc1cccc(OC)c1-n1c(NSCCc2ccc(Cl)cc2)nnc1-c1ccc(C)nc1. The van der Waals surface area contributed by atoms with Crippen LogP contribution in [0.3, 0.4) is 0 Å². The first-order valence-electron chi connectivity index (χ1n) is 10.3. The molecule has 7 nitrogen and oxygen atoms in total. The van der Waals surface area contributed by atoms with E-state index in [0.29, 0.717) is 29.0 Å². The average molecular weight is 482 g/mol. The van der Waals surface area contributed by atoms with Crippen LogP contribution in [0.2, 0.25) is 5.02 Å². The Balaban J connectivity index is 1.66. The molecule has 9 heteroatoms. The zero-order valence-electron chi connectivity index (χ0n) is 18.6. The first-order chi connectivity index (χ1) is 16.1. The quantitative estimate of drug-likeness (QED) is 0.246. The molecule has 0 aliphatic heterocycles. The topological polar surface area (TPSA) is 74.1 Å². The monoisotopic (exact) mass is 481 g/mol. The van der Waals surface area contributed by atoms with E-state index in [1.807, 2.05) is 66.1 Å². The van der Waals surface area contributed by atoms with E-state index in [-0.39, 0.29) is 0 Å². The fourth-order valence-electron chi connectivity index (χ4n) is 3.34. The van der Waals surface area contributed by atoms with E-state index in [9.17, 15) is 0 Å². The molecular formula is C24H24ClN5O2S. The van der Waals surface area contributed by atoms with E-state index in [1.165, 1.54) is 5.56 Å². The van der Waals surface area contributed by atoms with E-state index in [0.717, 1.165) is 28.5 Å². The van der Waals surface area contributed by atoms with Gasteiger partial charge in [0.1, 0.15) is 17.2 Å². The van der Waals surface area contributed by atoms with Crippen molar-refractivity contribution in [3.05, 3.63) is 77.1 Å². The van der Waals surface area contributed by atoms with Crippen molar-refractivity contribution in [2.24, 2.45) is 0 Å². The summed E-state index contributed by atoms with van der Waals surface area (Å²) in [7, 11) is 3.26. The fraction of sp³-hybridized carbons (Fsp3) is 0.208. The largest absolute Gasteiger partial charge is 0.494 e. The van der Waals surface area contributed by atoms with Crippen molar-refractivity contribution in [1.29, 1.82) is 0 Å². The van der Waals surface area contributed by atoms with Crippen molar-refractivity contribution >= 4 is 29.5 Å². The van der Waals surface area contributed by atoms with E-state index >= 15 is 0 Å². The molecule has 2 aromatic carbocycles. The van der Waals surface area contributed by atoms with Gasteiger partial charge in [0.05, 0.1) is 14.2 Å². The van der Waals surface area contributed by atoms with Gasteiger partial charge < -0.3 is 9.47 Å². The predicted octanol–water partition coefficient (Wildman–Crippen LogP) is 5.61. The standard InChI is InChI=1S/C24H24ClN5O2S/c1-16-7-10-18(15-26-16)23-27-28-24(29-33-14-13-17-8-11-19(25)12-9-17)30(23)22-20(31-2)5-4-6-21(22)32-3/h4-12,15H,13-14H2,1-3H3,(H,28,29). The second kappa shape index (κ2) is 10.6. The molecule has 4 aromatic rings. The number of nitrogens with zero attached hydrogens (tertiary/aromatic N) is 4. The third kappa shape index (κ3) is 5.23. The number of rotatable bonds is 9. The van der Waals surface area contributed by atoms with Crippen LogP contribution in [0.5, 0.6) is 11.5 Å². The molecule has 0 unspecified atom stereocenters. The molecule has 2 aromatic heterocycles. The Labute approximate surface area is 202 Å². The molecule has 0 amide bonds. The second-order valence-electron chi connectivity index (χ2n) is 7.21. The van der Waals surface area contributed by atoms with E-state index in [1.54, 1.807) is 32.4 Å². The molecule has 1 N–H and O–H groups in total. The third-order valence-electron chi connectivity index (χ3n) is 5.03. The third-order valence-corrected chi connectivity index (χ3v) is 6.01. The normalized spacial score (nSPS) is 10.8. The summed E-state index contributed by atoms with van der Waals surface area (Å²) in [6.07, 6.45) is 2.67. The summed E-state index contributed by atoms with van der Waals surface area (Å²) in [6.45, 7) is 1.95. The summed E-state index contributed by atoms with van der Waals surface area (Å²) in [5.74, 6) is 3.31. The van der Waals surface area contributed by atoms with Crippen molar-refractivity contribution in [1.82, 2.24) is 19.7 Å². The summed E-state index contributed by atoms with van der Waals surface area (Å²) in [5, 5.41) is 9.62. The zero-order chi connectivity index (χ0) is 23.2. The number of methoxy groups -OCH3 is 2. The van der Waals surface area contributed by atoms with Gasteiger partial charge in [0.2, 0.25) is 5.95 Å². The van der Waals surface area contributed by atoms with Crippen LogP contribution in [0.25, 0.3) is 17.1 Å². The van der Waals surface area contributed by atoms with Crippen molar-refractivity contribution in [3.63, 3.8) is 0 Å². The van der Waals surface area contributed by atoms with Gasteiger partial charge in [0.25, 0.3) is 0 Å². The highest BCUT2D eigenvalue weighted by molar-refractivity contribution is 8.00. The number of para-hydroxylation sites is 1. The maximum absolute atomic E-state index is 5.98. The second-order valence-corrected chi connectivity index (χ2v) is 8.55. The minimum atomic E-state index is 0.564. The van der Waals surface area contributed by atoms with Crippen molar-refractivity contribution in [3.8, 4) is 28.6 Å². The lowest BCUT2D eigenvalue weighted by Gasteiger charge is -2.17. The Morgan fingerprint density at radius 2 is 1.70 bits per heavy atom. The Bertz CT molecular complexity index is 1190. The molecule has 2 heterocycles. The van der Waals surface area contributed by atoms with Crippen molar-refractivity contribution in [2.75, 3.05) is 24.7 Å². The molecule has 0 aliphatic rings. The number of aryl methyl sites for hydroxylation is 2. The van der Waals surface area contributed by atoms with Crippen molar-refractivity contribution < 1.29 is 9.47 Å². The molecule has 0 saturated heterocycles. The predicted molar refractivity (Wildman–Crippen MR) is 134 cm³/mol. The number of hydrogen-bond acceptors (Lipinski definition) is 7. The smallest absolute Gasteiger partial charge is 0.239 e. The fourth-order valence-corrected chi connectivity index (χ4v) is 4.16. The molecule has 0 aliphatic carbocycles. The number of halogens is 1. The van der Waals surface area contributed by atoms with Crippen LogP contribution in [0.4, 0.5) is 5.95 Å². The van der Waals surface area contributed by atoms with Gasteiger partial charge >= 0.3 is 0 Å². The minimum Gasteiger partial charge on any atom is -0.494 e. The van der Waals surface area contributed by atoms with Gasteiger partial charge in [-0.1, -0.05) is 29.8 Å². The molecule has 0 saturated carbocycles. The molecule has 0 fully saturated rings. The van der Waals surface area contributed by atoms with Crippen LogP contribution in [0.15, 0.2) is 60.8 Å². The molecule has 0 radical (unpaired) electrons. The number of pyridine rings is 1. The van der Waals surface area contributed by atoms with Crippen LogP contribution in [0, 0.1) is 6.92 Å². The molecule has 33 heavy (non-hydrogen) atoms. The lowest BCUT2D eigenvalue weighted by molar-refractivity contribution is 0.391. The number of anilines is 1. The minimum absolute atomic E-state index is 0.564. The summed E-state index contributed by atoms with van der Waals surface area (Å²) in [5.41, 5.74) is 3.69. The van der Waals surface area contributed by atoms with Crippen LogP contribution in [0.1, 0.15) is 11.3 Å². The highest BCUT2D eigenvalue weighted by Gasteiger charge is 2.22. The zero-order valence-corrected chi connectivity index (χ0v) is 20.2. The maximum atomic E-state index is 5.98. The lowest BCUT2D eigenvalue weighted by atomic mass is 10.2. The first kappa shape index (κ1) is 22.9. The number of ether oxygens (including phenoxy) is 2. The van der Waals surface area contributed by atoms with Crippen LogP contribution >= 0.6 is 23.5 Å². The Kier molecular flexibility index (Phi) is 7.36. The molecule has 0 atom stereocenters. The van der Waals surface area contributed by atoms with Gasteiger partial charge in [0.15, 0.2) is 5.82 Å². The maximum Gasteiger partial charge on any atom is 0.239 e. The molecular weight excluding hydrogens is 458 g/mol. The van der Waals surface area contributed by atoms with Gasteiger partial charge in [-0.15, -0.1) is 10.2 Å². The summed E-state index contributed by atoms with van der Waals surface area (Å²) < 4.78 is 16.6. The average Bonchev–Trinajstić information content (AvgIpc) is 3.26. The Hall–Kier alpha value is -3.23. The van der Waals surface area contributed by atoms with Crippen LogP contribution in [-0.2, 0) is 6.42 Å². The molecule has 170 valence electrons. The number of aromatic nitrogens is 4. The van der Waals surface area contributed by atoms with Gasteiger partial charge in [-0.25, -0.2) is 0 Å². The first-order valence-corrected chi connectivity index (χ1v) is 11.7. The van der Waals surface area contributed by atoms with Gasteiger partial charge in [0, 0.05) is 28.2 Å². The molecule has 0 spiro atoms. The van der Waals surface area contributed by atoms with Crippen molar-refractivity contribution in [2.45, 2.75) is 13.3 Å². The summed E-state index contributed by atoms with van der Waals surface area (Å²) in [4.78, 5) is 4.42. The van der Waals surface area contributed by atoms with E-state index < -0.39 is 0 Å². The lowest BCUT2D eigenvalue weighted by Crippen LogP contribution is -2.07. The van der Waals surface area contributed by atoms with Crippen LogP contribution < -0.4 is 14.2 Å². The number of nitrogens with one attached hydrogen (secondary N) is 1. The number of benzene rings is 2. The molecule has 4 rings (SSSR count). The number of hydrogen-bond donors (Lipinski definition) is 1. The van der Waals surface area contributed by atoms with Crippen LogP contribution in [-0.4, -0.2) is 39.7 Å². The highest BCUT2D eigenvalue weighted by atomic mass is 35.5. The van der Waals surface area contributed by atoms with E-state index in [2.05, 4.69) is 19.9 Å².